The largest absolute Gasteiger partial charge is 0.480 e. The van der Waals surface area contributed by atoms with Gasteiger partial charge in [0.15, 0.2) is 5.82 Å². The van der Waals surface area contributed by atoms with Crippen LogP contribution in [-0.2, 0) is 16.0 Å². The van der Waals surface area contributed by atoms with Gasteiger partial charge in [0.2, 0.25) is 4.77 Å². The number of aromatic amines is 1. The molecule has 3 aromatic carbocycles. The molecule has 1 aromatic heterocycles. The number of carbonyl (C=O) groups excluding carboxylic acids is 1. The van der Waals surface area contributed by atoms with Gasteiger partial charge in [0.05, 0.1) is 11.1 Å². The Labute approximate surface area is 245 Å². The minimum atomic E-state index is -1.10. The Morgan fingerprint density at radius 2 is 1.73 bits per heavy atom. The summed E-state index contributed by atoms with van der Waals surface area (Å²) >= 11 is 11.9. The second kappa shape index (κ2) is 11.9. The van der Waals surface area contributed by atoms with Gasteiger partial charge in [-0.2, -0.15) is 14.9 Å². The number of hydrogen-bond donors (Lipinski definition) is 2. The lowest BCUT2D eigenvalue weighted by atomic mass is 10.0. The molecule has 1 saturated heterocycles. The molecule has 11 heteroatoms. The van der Waals surface area contributed by atoms with Crippen molar-refractivity contribution in [3.63, 3.8) is 0 Å². The van der Waals surface area contributed by atoms with Gasteiger partial charge in [-0.25, -0.2) is 9.89 Å². The third kappa shape index (κ3) is 5.86. The highest BCUT2D eigenvalue weighted by Gasteiger charge is 2.40. The van der Waals surface area contributed by atoms with Gasteiger partial charge in [-0.05, 0) is 47.5 Å². The number of amides is 1. The van der Waals surface area contributed by atoms with Crippen LogP contribution in [0, 0.1) is 11.7 Å². The Hall–Kier alpha value is -4.19. The molecule has 8 nitrogen and oxygen atoms in total. The fourth-order valence-electron chi connectivity index (χ4n) is 4.23. The van der Waals surface area contributed by atoms with Crippen molar-refractivity contribution in [1.29, 1.82) is 0 Å². The zero-order valence-corrected chi connectivity index (χ0v) is 23.7. The van der Waals surface area contributed by atoms with Gasteiger partial charge in [-0.3, -0.25) is 9.69 Å². The summed E-state index contributed by atoms with van der Waals surface area (Å²) in [5.41, 5.74) is 4.38. The van der Waals surface area contributed by atoms with Crippen molar-refractivity contribution in [2.45, 2.75) is 19.4 Å². The SMILES string of the molecule is Cc1ccccc1-c1n[nH]c(=S)n1/N=C/c1ccc(/C=C2\SC(=S)N([C@@H](Cc3ccccc3)C(=O)O)C2=O)cc1. The van der Waals surface area contributed by atoms with Crippen LogP contribution in [0.3, 0.4) is 0 Å². The minimum absolute atomic E-state index is 0.163. The Morgan fingerprint density at radius 1 is 1.05 bits per heavy atom. The molecular weight excluding hydrogens is 563 g/mol. The quantitative estimate of drug-likeness (QED) is 0.155. The number of carbonyl (C=O) groups is 2. The highest BCUT2D eigenvalue weighted by Crippen LogP contribution is 2.35. The number of rotatable bonds is 8. The van der Waals surface area contributed by atoms with Gasteiger partial charge in [0.25, 0.3) is 5.91 Å². The number of aryl methyl sites for hydroxylation is 1. The van der Waals surface area contributed by atoms with Gasteiger partial charge >= 0.3 is 5.97 Å². The first-order valence-corrected chi connectivity index (χ1v) is 13.9. The number of thioether (sulfide) groups is 1. The molecule has 0 radical (unpaired) electrons. The summed E-state index contributed by atoms with van der Waals surface area (Å²) in [6, 6.07) is 23.4. The third-order valence-electron chi connectivity index (χ3n) is 6.29. The van der Waals surface area contributed by atoms with Crippen molar-refractivity contribution in [2.75, 3.05) is 0 Å². The number of carboxylic acid groups (broad SMARTS) is 1. The first kappa shape index (κ1) is 27.4. The van der Waals surface area contributed by atoms with Crippen LogP contribution in [0.1, 0.15) is 22.3 Å². The maximum Gasteiger partial charge on any atom is 0.327 e. The van der Waals surface area contributed by atoms with Gasteiger partial charge in [0.1, 0.15) is 10.4 Å². The van der Waals surface area contributed by atoms with E-state index >= 15 is 0 Å². The maximum absolute atomic E-state index is 13.2. The number of thiocarbonyl (C=S) groups is 1. The van der Waals surface area contributed by atoms with Gasteiger partial charge in [0, 0.05) is 12.0 Å². The molecule has 1 aliphatic heterocycles. The third-order valence-corrected chi connectivity index (χ3v) is 7.88. The zero-order chi connectivity index (χ0) is 28.2. The normalized spacial score (nSPS) is 15.3. The molecule has 1 fully saturated rings. The second-order valence-corrected chi connectivity index (χ2v) is 11.0. The van der Waals surface area contributed by atoms with E-state index in [-0.39, 0.29) is 10.7 Å². The Balaban J connectivity index is 1.33. The lowest BCUT2D eigenvalue weighted by molar-refractivity contribution is -0.145. The number of aliphatic carboxylic acids is 1. The molecular formula is C29H23N5O3S3. The number of benzene rings is 3. The molecule has 2 heterocycles. The minimum Gasteiger partial charge on any atom is -0.480 e. The molecule has 4 aromatic rings. The Morgan fingerprint density at radius 3 is 2.42 bits per heavy atom. The van der Waals surface area contributed by atoms with Crippen LogP contribution >= 0.6 is 36.2 Å². The first-order valence-electron chi connectivity index (χ1n) is 12.2. The molecule has 0 unspecified atom stereocenters. The fourth-order valence-corrected chi connectivity index (χ4v) is 5.76. The molecule has 0 saturated carbocycles. The Bertz CT molecular complexity index is 1710. The summed E-state index contributed by atoms with van der Waals surface area (Å²) in [6.45, 7) is 2.00. The summed E-state index contributed by atoms with van der Waals surface area (Å²) in [5, 5.41) is 21.5. The average molecular weight is 586 g/mol. The van der Waals surface area contributed by atoms with Crippen molar-refractivity contribution in [2.24, 2.45) is 5.10 Å². The predicted octanol–water partition coefficient (Wildman–Crippen LogP) is 5.70. The van der Waals surface area contributed by atoms with E-state index in [1.54, 1.807) is 17.0 Å². The molecule has 1 aliphatic rings. The lowest BCUT2D eigenvalue weighted by Crippen LogP contribution is -2.45. The van der Waals surface area contributed by atoms with E-state index < -0.39 is 17.9 Å². The molecule has 200 valence electrons. The van der Waals surface area contributed by atoms with Crippen molar-refractivity contribution in [3.05, 3.63) is 111 Å². The molecule has 1 atom stereocenters. The molecule has 0 aliphatic carbocycles. The van der Waals surface area contributed by atoms with Crippen molar-refractivity contribution in [3.8, 4) is 11.4 Å². The first-order chi connectivity index (χ1) is 19.3. The number of aromatic nitrogens is 3. The van der Waals surface area contributed by atoms with Gasteiger partial charge in [-0.1, -0.05) is 103 Å². The summed E-state index contributed by atoms with van der Waals surface area (Å²) in [6.07, 6.45) is 3.55. The summed E-state index contributed by atoms with van der Waals surface area (Å²) in [7, 11) is 0. The van der Waals surface area contributed by atoms with Crippen LogP contribution in [0.15, 0.2) is 88.9 Å². The second-order valence-electron chi connectivity index (χ2n) is 8.99. The van der Waals surface area contributed by atoms with Crippen molar-refractivity contribution < 1.29 is 14.7 Å². The number of nitrogens with one attached hydrogen (secondary N) is 1. The van der Waals surface area contributed by atoms with E-state index in [0.717, 1.165) is 39.6 Å². The maximum atomic E-state index is 13.2. The zero-order valence-electron chi connectivity index (χ0n) is 21.2. The molecule has 5 rings (SSSR count). The topological polar surface area (TPSA) is 104 Å². The number of carboxylic acids is 1. The lowest BCUT2D eigenvalue weighted by Gasteiger charge is -2.23. The number of hydrogen-bond acceptors (Lipinski definition) is 7. The molecule has 40 heavy (non-hydrogen) atoms. The molecule has 0 bridgehead atoms. The predicted molar refractivity (Wildman–Crippen MR) is 164 cm³/mol. The smallest absolute Gasteiger partial charge is 0.327 e. The molecule has 2 N–H and O–H groups in total. The van der Waals surface area contributed by atoms with Crippen LogP contribution < -0.4 is 0 Å². The van der Waals surface area contributed by atoms with E-state index in [4.69, 9.17) is 24.4 Å². The monoisotopic (exact) mass is 585 g/mol. The highest BCUT2D eigenvalue weighted by molar-refractivity contribution is 8.26. The van der Waals surface area contributed by atoms with Crippen LogP contribution in [-0.4, -0.2) is 53.3 Å². The van der Waals surface area contributed by atoms with Gasteiger partial charge in [-0.15, -0.1) is 0 Å². The standard InChI is InChI=1S/C29H23N5O3S3/c1-18-7-5-6-10-22(18)25-31-32-28(38)34(25)30-17-21-13-11-20(12-14-21)16-24-26(35)33(29(39)40-24)23(27(36)37)15-19-8-3-2-4-9-19/h2-14,16-17,23H,15H2,1H3,(H,32,38)(H,36,37)/b24-16-,30-17+/t23-/m0/s1. The number of H-pyrrole nitrogens is 1. The van der Waals surface area contributed by atoms with Crippen LogP contribution in [0.5, 0.6) is 0 Å². The molecule has 1 amide bonds. The average Bonchev–Trinajstić information content (AvgIpc) is 3.45. The summed E-state index contributed by atoms with van der Waals surface area (Å²) in [4.78, 5) is 26.8. The summed E-state index contributed by atoms with van der Waals surface area (Å²) in [5.74, 6) is -0.902. The van der Waals surface area contributed by atoms with Gasteiger partial charge < -0.3 is 5.11 Å². The van der Waals surface area contributed by atoms with E-state index in [2.05, 4.69) is 15.3 Å². The van der Waals surface area contributed by atoms with Crippen LogP contribution in [0.4, 0.5) is 0 Å². The van der Waals surface area contributed by atoms with Crippen LogP contribution in [0.2, 0.25) is 0 Å². The fraction of sp³-hybridized carbons (Fsp3) is 0.103. The van der Waals surface area contributed by atoms with E-state index in [1.165, 1.54) is 4.90 Å². The van der Waals surface area contributed by atoms with E-state index in [9.17, 15) is 14.7 Å². The molecule has 0 spiro atoms. The van der Waals surface area contributed by atoms with E-state index in [1.807, 2.05) is 85.8 Å². The van der Waals surface area contributed by atoms with Crippen molar-refractivity contribution in [1.82, 2.24) is 19.8 Å². The van der Waals surface area contributed by atoms with E-state index in [0.29, 0.717) is 15.5 Å². The summed E-state index contributed by atoms with van der Waals surface area (Å²) < 4.78 is 2.18. The highest BCUT2D eigenvalue weighted by atomic mass is 32.2. The Kier molecular flexibility index (Phi) is 8.15. The number of nitrogens with zero attached hydrogens (tertiary/aromatic N) is 4. The van der Waals surface area contributed by atoms with Crippen molar-refractivity contribution >= 4 is 64.7 Å². The van der Waals surface area contributed by atoms with Crippen LogP contribution in [0.25, 0.3) is 17.5 Å².